The van der Waals surface area contributed by atoms with E-state index in [0.717, 1.165) is 29.6 Å². The normalized spacial score (nSPS) is 33.9. The van der Waals surface area contributed by atoms with Gasteiger partial charge in [-0.1, -0.05) is 77.6 Å². The van der Waals surface area contributed by atoms with Crippen LogP contribution in [-0.4, -0.2) is 58.7 Å². The Balaban J connectivity index is 1.47. The van der Waals surface area contributed by atoms with E-state index in [1.807, 2.05) is 32.1 Å². The number of hydrogen-bond acceptors (Lipinski definition) is 8. The monoisotopic (exact) mass is 698 g/mol. The number of allylic oxidation sites excluding steroid dienone is 8. The highest BCUT2D eigenvalue weighted by Crippen LogP contribution is 2.63. The van der Waals surface area contributed by atoms with Crippen molar-refractivity contribution in [3.05, 3.63) is 88.1 Å². The first kappa shape index (κ1) is 38.5. The van der Waals surface area contributed by atoms with E-state index in [1.54, 1.807) is 18.2 Å². The highest BCUT2D eigenvalue weighted by molar-refractivity contribution is 5.97. The molecule has 6 atom stereocenters. The van der Waals surface area contributed by atoms with E-state index in [4.69, 9.17) is 15.2 Å². The number of para-hydroxylation sites is 1. The van der Waals surface area contributed by atoms with Gasteiger partial charge in [-0.2, -0.15) is 0 Å². The Bertz CT molecular complexity index is 1690. The van der Waals surface area contributed by atoms with Crippen molar-refractivity contribution >= 4 is 11.9 Å². The van der Waals surface area contributed by atoms with Crippen LogP contribution in [-0.2, 0) is 16.0 Å². The quantitative estimate of drug-likeness (QED) is 0.131. The molecule has 0 unspecified atom stereocenters. The van der Waals surface area contributed by atoms with Crippen LogP contribution in [0, 0.1) is 29.1 Å². The van der Waals surface area contributed by atoms with Gasteiger partial charge in [0, 0.05) is 41.9 Å². The average molecular weight is 699 g/mol. The van der Waals surface area contributed by atoms with Crippen molar-refractivity contribution in [1.29, 1.82) is 0 Å². The molecule has 2 aliphatic carbocycles. The first-order valence-electron chi connectivity index (χ1n) is 18.2. The fraction of sp³-hybridized carbons (Fsp3) is 0.524. The van der Waals surface area contributed by atoms with Gasteiger partial charge in [0.25, 0.3) is 0 Å². The highest BCUT2D eigenvalue weighted by atomic mass is 16.6. The van der Waals surface area contributed by atoms with Gasteiger partial charge in [0.05, 0.1) is 18.3 Å². The number of Topliss-reactive ketones (excluding diaryl/α,β-unsaturated/α-hetero) is 1. The molecular weight excluding hydrogens is 644 g/mol. The molecule has 6 N–H and O–H groups in total. The minimum atomic E-state index is -1.23. The fourth-order valence-corrected chi connectivity index (χ4v) is 8.71. The summed E-state index contributed by atoms with van der Waals surface area (Å²) in [5, 5.41) is 37.3. The smallest absolute Gasteiger partial charge is 0.410 e. The molecule has 0 radical (unpaired) electrons. The molecule has 1 spiro atoms. The first-order valence-corrected chi connectivity index (χ1v) is 18.2. The predicted molar refractivity (Wildman–Crippen MR) is 197 cm³/mol. The Hall–Kier alpha value is -3.78. The molecule has 0 aromatic heterocycles. The molecule has 1 aromatic rings. The minimum Gasteiger partial charge on any atom is -0.410 e. The van der Waals surface area contributed by atoms with E-state index in [0.29, 0.717) is 67.4 Å². The lowest BCUT2D eigenvalue weighted by molar-refractivity contribution is -0.167. The zero-order chi connectivity index (χ0) is 36.8. The standard InChI is InChI=1S/C42H54N2O7/c1-27-11-5-6-24-50-26-31(16-8-14-28(2)13-7-12-27)33-20-22-42(38(33)47)35(18-10-23-45)32(19-21-41(42,4)49)29(3)36(46)25-30-15-9-17-34-37(30)51-40(48)44-39(34)43/h8-9,12,14-17,33,35,38-39,45,47,49H,2,7,10-11,13,18-26,43H2,1,3-4H3,(H,44,48)/b14-8+,27-12+,31-16+,32-29+/t33-,35-,38-,39-,41-,42-/m1/s1. The number of hydrogen-bond donors (Lipinski definition) is 5. The summed E-state index contributed by atoms with van der Waals surface area (Å²) < 4.78 is 11.5. The fourth-order valence-electron chi connectivity index (χ4n) is 8.71. The van der Waals surface area contributed by atoms with Crippen molar-refractivity contribution in [2.45, 2.75) is 103 Å². The third kappa shape index (κ3) is 8.32. The Morgan fingerprint density at radius 2 is 2.02 bits per heavy atom. The number of ether oxygens (including phenoxy) is 2. The number of carbonyl (C=O) groups excluding carboxylic acids is 2. The molecular formula is C42H54N2O7. The average Bonchev–Trinajstić information content (AvgIpc) is 3.43. The van der Waals surface area contributed by atoms with Crippen LogP contribution in [0.1, 0.15) is 95.9 Å². The van der Waals surface area contributed by atoms with E-state index in [9.17, 15) is 24.9 Å². The topological polar surface area (TPSA) is 151 Å². The first-order chi connectivity index (χ1) is 24.4. The maximum absolute atomic E-state index is 14.1. The van der Waals surface area contributed by atoms with Crippen molar-refractivity contribution in [1.82, 2.24) is 5.32 Å². The van der Waals surface area contributed by atoms with Gasteiger partial charge in [-0.25, -0.2) is 4.79 Å². The van der Waals surface area contributed by atoms with Crippen LogP contribution in [0.5, 0.6) is 5.75 Å². The van der Waals surface area contributed by atoms with Gasteiger partial charge in [0.1, 0.15) is 18.5 Å². The van der Waals surface area contributed by atoms with E-state index in [1.165, 1.54) is 5.57 Å². The number of nitrogens with one attached hydrogen (secondary N) is 1. The van der Waals surface area contributed by atoms with Crippen molar-refractivity contribution in [3.63, 3.8) is 0 Å². The number of aliphatic hydroxyl groups excluding tert-OH is 2. The summed E-state index contributed by atoms with van der Waals surface area (Å²) in [4.78, 5) is 26.2. The Morgan fingerprint density at radius 1 is 1.22 bits per heavy atom. The minimum absolute atomic E-state index is 0.000172. The number of amides is 1. The molecule has 0 saturated heterocycles. The third-order valence-corrected chi connectivity index (χ3v) is 11.5. The van der Waals surface area contributed by atoms with Gasteiger partial charge in [-0.3, -0.25) is 4.79 Å². The predicted octanol–water partition coefficient (Wildman–Crippen LogP) is 6.05. The number of benzene rings is 1. The Kier molecular flexibility index (Phi) is 12.6. The van der Waals surface area contributed by atoms with Gasteiger partial charge in [0.15, 0.2) is 5.78 Å². The van der Waals surface area contributed by atoms with Crippen LogP contribution in [0.2, 0.25) is 0 Å². The van der Waals surface area contributed by atoms with Gasteiger partial charge in [-0.15, -0.1) is 0 Å². The molecule has 2 aliphatic heterocycles. The SMILES string of the molecule is C=C1/C=C/C=C(/[C@H]2CC[C@@]3([C@H](CCCO)/C(=C(\C)C(=O)Cc4cccc5c4OC(=O)N[C@H]5N)CC[C@@]3(C)O)[C@@H]2O)COCC#CC/C(C)=C/CC1. The van der Waals surface area contributed by atoms with Gasteiger partial charge >= 0.3 is 6.09 Å². The molecule has 0 bridgehead atoms. The number of rotatable bonds is 7. The zero-order valence-corrected chi connectivity index (χ0v) is 30.3. The largest absolute Gasteiger partial charge is 0.414 e. The second-order valence-corrected chi connectivity index (χ2v) is 14.8. The van der Waals surface area contributed by atoms with E-state index < -0.39 is 29.4 Å². The number of aliphatic hydroxyl groups is 3. The van der Waals surface area contributed by atoms with Crippen molar-refractivity contribution < 1.29 is 34.4 Å². The maximum Gasteiger partial charge on any atom is 0.414 e. The summed E-state index contributed by atoms with van der Waals surface area (Å²) in [5.74, 6) is 5.82. The van der Waals surface area contributed by atoms with Gasteiger partial charge < -0.3 is 35.8 Å². The van der Waals surface area contributed by atoms with Crippen LogP contribution in [0.15, 0.2) is 76.9 Å². The second-order valence-electron chi connectivity index (χ2n) is 14.8. The molecule has 4 aliphatic rings. The number of nitrogens with two attached hydrogens (primary N) is 1. The second kappa shape index (κ2) is 16.7. The molecule has 2 heterocycles. The van der Waals surface area contributed by atoms with Crippen LogP contribution in [0.4, 0.5) is 4.79 Å². The highest BCUT2D eigenvalue weighted by Gasteiger charge is 2.64. The van der Waals surface area contributed by atoms with Crippen LogP contribution >= 0.6 is 0 Å². The zero-order valence-electron chi connectivity index (χ0n) is 30.3. The molecule has 2 saturated carbocycles. The maximum atomic E-state index is 14.1. The lowest BCUT2D eigenvalue weighted by Gasteiger charge is -2.55. The molecule has 5 rings (SSSR count). The number of fused-ring (bicyclic) bond motifs is 1. The summed E-state index contributed by atoms with van der Waals surface area (Å²) in [6.07, 6.45) is 11.3. The summed E-state index contributed by atoms with van der Waals surface area (Å²) in [7, 11) is 0. The molecule has 9 nitrogen and oxygen atoms in total. The van der Waals surface area contributed by atoms with Crippen LogP contribution in [0.25, 0.3) is 0 Å². The summed E-state index contributed by atoms with van der Waals surface area (Å²) in [6, 6.07) is 5.31. The lowest BCUT2D eigenvalue weighted by Crippen LogP contribution is -2.59. The van der Waals surface area contributed by atoms with Gasteiger partial charge in [-0.05, 0) is 89.2 Å². The summed E-state index contributed by atoms with van der Waals surface area (Å²) in [6.45, 7) is 10.4. The molecule has 2 fully saturated rings. The van der Waals surface area contributed by atoms with Gasteiger partial charge in [0.2, 0.25) is 0 Å². The molecule has 274 valence electrons. The Morgan fingerprint density at radius 3 is 2.80 bits per heavy atom. The van der Waals surface area contributed by atoms with Crippen LogP contribution < -0.4 is 15.8 Å². The lowest BCUT2D eigenvalue weighted by atomic mass is 9.52. The molecule has 1 aromatic carbocycles. The summed E-state index contributed by atoms with van der Waals surface area (Å²) >= 11 is 0. The van der Waals surface area contributed by atoms with E-state index >= 15 is 0 Å². The summed E-state index contributed by atoms with van der Waals surface area (Å²) in [5.41, 5.74) is 9.72. The third-order valence-electron chi connectivity index (χ3n) is 11.5. The van der Waals surface area contributed by atoms with E-state index in [2.05, 4.69) is 36.7 Å². The molecule has 1 amide bonds. The number of ketones is 1. The Labute approximate surface area is 302 Å². The van der Waals surface area contributed by atoms with Crippen molar-refractivity contribution in [3.8, 4) is 17.6 Å². The van der Waals surface area contributed by atoms with Crippen LogP contribution in [0.3, 0.4) is 0 Å². The number of carbonyl (C=O) groups is 2. The molecule has 51 heavy (non-hydrogen) atoms. The molecule has 9 heteroatoms. The van der Waals surface area contributed by atoms with E-state index in [-0.39, 0.29) is 43.9 Å². The van der Waals surface area contributed by atoms with Crippen molar-refractivity contribution in [2.24, 2.45) is 23.0 Å². The van der Waals surface area contributed by atoms with Crippen molar-refractivity contribution in [2.75, 3.05) is 19.8 Å².